The highest BCUT2D eigenvalue weighted by atomic mass is 32.2. The molecule has 9 heteroatoms. The van der Waals surface area contributed by atoms with Gasteiger partial charge >= 0.3 is 0 Å². The van der Waals surface area contributed by atoms with Gasteiger partial charge in [-0.05, 0) is 55.1 Å². The molecule has 1 N–H and O–H groups in total. The summed E-state index contributed by atoms with van der Waals surface area (Å²) in [4.78, 5) is 13.6. The first-order chi connectivity index (χ1) is 14.8. The fourth-order valence-corrected chi connectivity index (χ4v) is 4.96. The number of nitrogens with one attached hydrogen (secondary N) is 1. The van der Waals surface area contributed by atoms with Crippen LogP contribution >= 0.6 is 11.3 Å². The number of thiophene rings is 1. The standard InChI is InChI=1S/C22H23N3O4S2/c1-16-7-9-20(10-8-16)31(27,28)25(18-5-4-6-19(13-18)29-3)15-22(26)24-23-14-21-17(2)11-12-30-21/h4-14H,15H2,1-3H3,(H,24,26)/b23-14-. The van der Waals surface area contributed by atoms with E-state index in [9.17, 15) is 13.2 Å². The van der Waals surface area contributed by atoms with E-state index < -0.39 is 22.5 Å². The summed E-state index contributed by atoms with van der Waals surface area (Å²) < 4.78 is 33.0. The van der Waals surface area contributed by atoms with E-state index >= 15 is 0 Å². The van der Waals surface area contributed by atoms with Crippen molar-refractivity contribution >= 4 is 39.2 Å². The molecule has 3 rings (SSSR count). The summed E-state index contributed by atoms with van der Waals surface area (Å²) in [7, 11) is -2.51. The zero-order chi connectivity index (χ0) is 22.4. The molecule has 0 aliphatic carbocycles. The van der Waals surface area contributed by atoms with Crippen molar-refractivity contribution in [2.24, 2.45) is 5.10 Å². The number of nitrogens with zero attached hydrogens (tertiary/aromatic N) is 2. The highest BCUT2D eigenvalue weighted by Crippen LogP contribution is 2.27. The first kappa shape index (κ1) is 22.5. The van der Waals surface area contributed by atoms with Crippen molar-refractivity contribution in [1.82, 2.24) is 5.43 Å². The number of ether oxygens (including phenoxy) is 1. The van der Waals surface area contributed by atoms with E-state index in [4.69, 9.17) is 4.74 Å². The van der Waals surface area contributed by atoms with Gasteiger partial charge in [0.05, 0.1) is 23.9 Å². The Morgan fingerprint density at radius 2 is 1.90 bits per heavy atom. The summed E-state index contributed by atoms with van der Waals surface area (Å²) in [5.74, 6) is -0.0860. The van der Waals surface area contributed by atoms with E-state index in [1.54, 1.807) is 42.6 Å². The van der Waals surface area contributed by atoms with Crippen LogP contribution in [0.15, 0.2) is 70.0 Å². The predicted molar refractivity (Wildman–Crippen MR) is 123 cm³/mol. The molecule has 31 heavy (non-hydrogen) atoms. The predicted octanol–water partition coefficient (Wildman–Crippen LogP) is 3.72. The Morgan fingerprint density at radius 3 is 2.55 bits per heavy atom. The number of carbonyl (C=O) groups excluding carboxylic acids is 1. The smallest absolute Gasteiger partial charge is 0.264 e. The third kappa shape index (κ3) is 5.50. The van der Waals surface area contributed by atoms with Crippen LogP contribution in [0, 0.1) is 13.8 Å². The van der Waals surface area contributed by atoms with E-state index in [0.29, 0.717) is 11.4 Å². The SMILES string of the molecule is COc1cccc(N(CC(=O)N/N=C\c2sccc2C)S(=O)(=O)c2ccc(C)cc2)c1. The second-order valence-corrected chi connectivity index (χ2v) is 9.60. The number of aryl methyl sites for hydroxylation is 2. The maximum atomic E-state index is 13.4. The molecule has 0 unspecified atom stereocenters. The van der Waals surface area contributed by atoms with E-state index in [-0.39, 0.29) is 4.90 Å². The fraction of sp³-hybridized carbons (Fsp3) is 0.182. The molecule has 0 atom stereocenters. The molecule has 0 aliphatic rings. The largest absolute Gasteiger partial charge is 0.497 e. The average molecular weight is 458 g/mol. The van der Waals surface area contributed by atoms with Gasteiger partial charge < -0.3 is 4.74 Å². The topological polar surface area (TPSA) is 88.1 Å². The summed E-state index contributed by atoms with van der Waals surface area (Å²) in [5, 5.41) is 5.89. The minimum absolute atomic E-state index is 0.0893. The minimum atomic E-state index is -4.00. The Hall–Kier alpha value is -3.17. The summed E-state index contributed by atoms with van der Waals surface area (Å²) >= 11 is 1.50. The highest BCUT2D eigenvalue weighted by molar-refractivity contribution is 7.92. The molecule has 162 valence electrons. The number of sulfonamides is 1. The molecule has 0 saturated carbocycles. The quantitative estimate of drug-likeness (QED) is 0.412. The second-order valence-electron chi connectivity index (χ2n) is 6.79. The van der Waals surface area contributed by atoms with Gasteiger partial charge in [0, 0.05) is 10.9 Å². The molecule has 2 aromatic carbocycles. The lowest BCUT2D eigenvalue weighted by Crippen LogP contribution is -2.39. The van der Waals surface area contributed by atoms with Crippen LogP contribution in [0.1, 0.15) is 16.0 Å². The number of amides is 1. The van der Waals surface area contributed by atoms with Crippen LogP contribution in [0.25, 0.3) is 0 Å². The molecule has 1 amide bonds. The molecular formula is C22H23N3O4S2. The molecule has 0 aliphatic heterocycles. The molecule has 1 heterocycles. The minimum Gasteiger partial charge on any atom is -0.497 e. The number of anilines is 1. The number of rotatable bonds is 8. The zero-order valence-corrected chi connectivity index (χ0v) is 19.0. The normalized spacial score (nSPS) is 11.5. The Balaban J connectivity index is 1.88. The molecule has 1 aromatic heterocycles. The highest BCUT2D eigenvalue weighted by Gasteiger charge is 2.27. The van der Waals surface area contributed by atoms with E-state index in [1.165, 1.54) is 30.6 Å². The van der Waals surface area contributed by atoms with E-state index in [0.717, 1.165) is 20.3 Å². The number of benzene rings is 2. The van der Waals surface area contributed by atoms with E-state index in [1.807, 2.05) is 25.3 Å². The van der Waals surface area contributed by atoms with Crippen LogP contribution in [0.5, 0.6) is 5.75 Å². The number of carbonyl (C=O) groups is 1. The Kier molecular flexibility index (Phi) is 7.09. The monoisotopic (exact) mass is 457 g/mol. The molecule has 0 radical (unpaired) electrons. The molecular weight excluding hydrogens is 434 g/mol. The summed E-state index contributed by atoms with van der Waals surface area (Å²) in [5.41, 5.74) is 4.70. The van der Waals surface area contributed by atoms with Gasteiger partial charge in [0.2, 0.25) is 0 Å². The van der Waals surface area contributed by atoms with Crippen LogP contribution in [0.2, 0.25) is 0 Å². The molecule has 3 aromatic rings. The van der Waals surface area contributed by atoms with Gasteiger partial charge in [-0.25, -0.2) is 13.8 Å². The van der Waals surface area contributed by atoms with Crippen molar-refractivity contribution in [3.63, 3.8) is 0 Å². The van der Waals surface area contributed by atoms with Crippen molar-refractivity contribution in [1.29, 1.82) is 0 Å². The number of hydrogen-bond acceptors (Lipinski definition) is 6. The van der Waals surface area contributed by atoms with Gasteiger partial charge in [0.25, 0.3) is 15.9 Å². The maximum Gasteiger partial charge on any atom is 0.264 e. The molecule has 7 nitrogen and oxygen atoms in total. The molecule has 0 bridgehead atoms. The average Bonchev–Trinajstić information content (AvgIpc) is 3.17. The Morgan fingerprint density at radius 1 is 1.16 bits per heavy atom. The van der Waals surface area contributed by atoms with Crippen molar-refractivity contribution in [3.8, 4) is 5.75 Å². The van der Waals surface area contributed by atoms with Gasteiger partial charge in [-0.1, -0.05) is 23.8 Å². The van der Waals surface area contributed by atoms with Gasteiger partial charge in [0.15, 0.2) is 0 Å². The number of hydrazone groups is 1. The Bertz CT molecular complexity index is 1190. The van der Waals surface area contributed by atoms with Crippen molar-refractivity contribution < 1.29 is 17.9 Å². The van der Waals surface area contributed by atoms with Crippen molar-refractivity contribution in [2.75, 3.05) is 18.0 Å². The summed E-state index contributed by atoms with van der Waals surface area (Å²) in [6, 6.07) is 15.0. The van der Waals surface area contributed by atoms with Crippen LogP contribution in [0.3, 0.4) is 0 Å². The first-order valence-electron chi connectivity index (χ1n) is 9.40. The Labute approximate surface area is 186 Å². The van der Waals surface area contributed by atoms with Gasteiger partial charge in [-0.3, -0.25) is 9.10 Å². The number of methoxy groups -OCH3 is 1. The number of hydrogen-bond donors (Lipinski definition) is 1. The van der Waals surface area contributed by atoms with Crippen molar-refractivity contribution in [3.05, 3.63) is 76.0 Å². The molecule has 0 spiro atoms. The van der Waals surface area contributed by atoms with Gasteiger partial charge in [-0.15, -0.1) is 11.3 Å². The first-order valence-corrected chi connectivity index (χ1v) is 11.7. The zero-order valence-electron chi connectivity index (χ0n) is 17.4. The fourth-order valence-electron chi connectivity index (χ4n) is 2.76. The van der Waals surface area contributed by atoms with Crippen molar-refractivity contribution in [2.45, 2.75) is 18.7 Å². The van der Waals surface area contributed by atoms with E-state index in [2.05, 4.69) is 10.5 Å². The molecule has 0 saturated heterocycles. The maximum absolute atomic E-state index is 13.4. The summed E-state index contributed by atoms with van der Waals surface area (Å²) in [6.45, 7) is 3.37. The lowest BCUT2D eigenvalue weighted by molar-refractivity contribution is -0.119. The molecule has 0 fully saturated rings. The van der Waals surface area contributed by atoms with Gasteiger partial charge in [0.1, 0.15) is 12.3 Å². The lowest BCUT2D eigenvalue weighted by atomic mass is 10.2. The second kappa shape index (κ2) is 9.76. The summed E-state index contributed by atoms with van der Waals surface area (Å²) in [6.07, 6.45) is 1.54. The third-order valence-corrected chi connectivity index (χ3v) is 7.25. The van der Waals surface area contributed by atoms with Crippen LogP contribution in [-0.4, -0.2) is 34.2 Å². The third-order valence-electron chi connectivity index (χ3n) is 4.51. The van der Waals surface area contributed by atoms with Crippen LogP contribution < -0.4 is 14.5 Å². The lowest BCUT2D eigenvalue weighted by Gasteiger charge is -2.24. The van der Waals surface area contributed by atoms with Crippen LogP contribution in [-0.2, 0) is 14.8 Å². The van der Waals surface area contributed by atoms with Gasteiger partial charge in [-0.2, -0.15) is 5.10 Å². The van der Waals surface area contributed by atoms with Crippen LogP contribution in [0.4, 0.5) is 5.69 Å².